The Bertz CT molecular complexity index is 935. The quantitative estimate of drug-likeness (QED) is 0.701. The van der Waals surface area contributed by atoms with Crippen molar-refractivity contribution >= 4 is 11.5 Å². The van der Waals surface area contributed by atoms with Gasteiger partial charge in [-0.05, 0) is 77.6 Å². The molecule has 0 unspecified atom stereocenters. The molecule has 1 aromatic heterocycles. The molecule has 2 aliphatic rings. The molecule has 0 radical (unpaired) electrons. The van der Waals surface area contributed by atoms with Crippen molar-refractivity contribution in [2.75, 3.05) is 30.0 Å². The van der Waals surface area contributed by atoms with Crippen LogP contribution in [0.15, 0.2) is 42.5 Å². The zero-order chi connectivity index (χ0) is 22.2. The fourth-order valence-electron chi connectivity index (χ4n) is 5.44. The van der Waals surface area contributed by atoms with E-state index in [-0.39, 0.29) is 16.8 Å². The molecule has 1 N–H and O–H groups in total. The van der Waals surface area contributed by atoms with E-state index in [4.69, 9.17) is 0 Å². The first-order valence-corrected chi connectivity index (χ1v) is 11.3. The summed E-state index contributed by atoms with van der Waals surface area (Å²) in [5.74, 6) is 1.05. The smallest absolute Gasteiger partial charge is 0.165 e. The van der Waals surface area contributed by atoms with Crippen molar-refractivity contribution in [2.45, 2.75) is 64.5 Å². The molecule has 0 saturated carbocycles. The SMILES string of the molecule is CN(c1ccc(-c2c(O)cccc2N2CC=CCC2)nn1)N1C(C)(C)CCCC1(C)C. The first-order chi connectivity index (χ1) is 14.7. The Labute approximate surface area is 186 Å². The molecule has 6 heteroatoms. The van der Waals surface area contributed by atoms with E-state index in [2.05, 4.69) is 78.1 Å². The molecule has 2 aromatic rings. The van der Waals surface area contributed by atoms with Crippen LogP contribution in [0.2, 0.25) is 0 Å². The summed E-state index contributed by atoms with van der Waals surface area (Å²) in [6.07, 6.45) is 8.91. The second kappa shape index (κ2) is 8.15. The van der Waals surface area contributed by atoms with Gasteiger partial charge < -0.3 is 10.0 Å². The predicted molar refractivity (Wildman–Crippen MR) is 127 cm³/mol. The van der Waals surface area contributed by atoms with Crippen molar-refractivity contribution in [1.29, 1.82) is 0 Å². The maximum absolute atomic E-state index is 10.7. The van der Waals surface area contributed by atoms with Crippen LogP contribution in [-0.4, -0.2) is 51.5 Å². The van der Waals surface area contributed by atoms with Gasteiger partial charge >= 0.3 is 0 Å². The second-order valence-corrected chi connectivity index (χ2v) is 9.97. The van der Waals surface area contributed by atoms with Crippen LogP contribution in [-0.2, 0) is 0 Å². The van der Waals surface area contributed by atoms with Crippen molar-refractivity contribution < 1.29 is 5.11 Å². The van der Waals surface area contributed by atoms with Gasteiger partial charge in [0.1, 0.15) is 5.75 Å². The summed E-state index contributed by atoms with van der Waals surface area (Å²) < 4.78 is 0. The van der Waals surface area contributed by atoms with Crippen LogP contribution >= 0.6 is 0 Å². The normalized spacial score (nSPS) is 20.6. The number of hydrazine groups is 1. The van der Waals surface area contributed by atoms with Crippen LogP contribution in [0.5, 0.6) is 5.75 Å². The summed E-state index contributed by atoms with van der Waals surface area (Å²) in [6.45, 7) is 11.0. The number of aromatic hydroxyl groups is 1. The van der Waals surface area contributed by atoms with Gasteiger partial charge in [0.05, 0.1) is 16.9 Å². The van der Waals surface area contributed by atoms with Crippen LogP contribution in [0.1, 0.15) is 53.4 Å². The highest BCUT2D eigenvalue weighted by atomic mass is 16.3. The standard InChI is InChI=1S/C25H35N5O/c1-24(2)15-10-16-25(3,4)30(24)28(5)22-14-13-19(26-27-22)23-20(11-9-12-21(23)31)29-17-7-6-8-18-29/h6-7,9,11-14,31H,8,10,15-18H2,1-5H3. The molecule has 0 bridgehead atoms. The molecule has 31 heavy (non-hydrogen) atoms. The third kappa shape index (κ3) is 4.13. The third-order valence-electron chi connectivity index (χ3n) is 6.68. The monoisotopic (exact) mass is 421 g/mol. The van der Waals surface area contributed by atoms with Crippen LogP contribution in [0.4, 0.5) is 11.5 Å². The highest BCUT2D eigenvalue weighted by Crippen LogP contribution is 2.41. The Hall–Kier alpha value is -2.60. The molecular formula is C25H35N5O. The summed E-state index contributed by atoms with van der Waals surface area (Å²) in [5, 5.41) is 24.4. The van der Waals surface area contributed by atoms with E-state index in [1.165, 1.54) is 6.42 Å². The van der Waals surface area contributed by atoms with Crippen LogP contribution < -0.4 is 9.91 Å². The van der Waals surface area contributed by atoms with Gasteiger partial charge in [-0.3, -0.25) is 5.01 Å². The molecule has 6 nitrogen and oxygen atoms in total. The highest BCUT2D eigenvalue weighted by Gasteiger charge is 2.44. The van der Waals surface area contributed by atoms with Crippen LogP contribution in [0.3, 0.4) is 0 Å². The van der Waals surface area contributed by atoms with E-state index in [9.17, 15) is 5.11 Å². The molecule has 1 fully saturated rings. The van der Waals surface area contributed by atoms with Gasteiger partial charge in [0.25, 0.3) is 0 Å². The number of piperidine rings is 1. The topological polar surface area (TPSA) is 55.7 Å². The van der Waals surface area contributed by atoms with E-state index in [0.29, 0.717) is 5.69 Å². The van der Waals surface area contributed by atoms with Crippen LogP contribution in [0.25, 0.3) is 11.3 Å². The van der Waals surface area contributed by atoms with Crippen LogP contribution in [0, 0.1) is 0 Å². The summed E-state index contributed by atoms with van der Waals surface area (Å²) in [4.78, 5) is 2.27. The number of aromatic nitrogens is 2. The fraction of sp³-hybridized carbons (Fsp3) is 0.520. The lowest BCUT2D eigenvalue weighted by atomic mass is 9.81. The zero-order valence-corrected chi connectivity index (χ0v) is 19.5. The molecule has 0 aliphatic carbocycles. The number of phenolic OH excluding ortho intramolecular Hbond substituents is 1. The number of hydrogen-bond donors (Lipinski definition) is 1. The first-order valence-electron chi connectivity index (χ1n) is 11.3. The third-order valence-corrected chi connectivity index (χ3v) is 6.68. The lowest BCUT2D eigenvalue weighted by Gasteiger charge is -2.56. The zero-order valence-electron chi connectivity index (χ0n) is 19.5. The average Bonchev–Trinajstić information content (AvgIpc) is 2.73. The fourth-order valence-corrected chi connectivity index (χ4v) is 5.44. The van der Waals surface area contributed by atoms with Gasteiger partial charge in [0.15, 0.2) is 5.82 Å². The maximum atomic E-state index is 10.7. The van der Waals surface area contributed by atoms with Crippen molar-refractivity contribution in [2.24, 2.45) is 0 Å². The lowest BCUT2D eigenvalue weighted by Crippen LogP contribution is -2.64. The highest BCUT2D eigenvalue weighted by molar-refractivity contribution is 5.82. The van der Waals surface area contributed by atoms with Gasteiger partial charge in [0.2, 0.25) is 0 Å². The molecular weight excluding hydrogens is 386 g/mol. The molecule has 0 amide bonds. The Morgan fingerprint density at radius 3 is 2.32 bits per heavy atom. The molecule has 2 aliphatic heterocycles. The van der Waals surface area contributed by atoms with E-state index in [1.807, 2.05) is 18.2 Å². The van der Waals surface area contributed by atoms with Gasteiger partial charge in [-0.1, -0.05) is 18.2 Å². The maximum Gasteiger partial charge on any atom is 0.165 e. The first kappa shape index (κ1) is 21.6. The summed E-state index contributed by atoms with van der Waals surface area (Å²) in [7, 11) is 2.07. The summed E-state index contributed by atoms with van der Waals surface area (Å²) in [5.41, 5.74) is 2.53. The van der Waals surface area contributed by atoms with Crippen molar-refractivity contribution in [3.8, 4) is 17.0 Å². The average molecular weight is 422 g/mol. The predicted octanol–water partition coefficient (Wildman–Crippen LogP) is 5.01. The van der Waals surface area contributed by atoms with Gasteiger partial charge in [-0.25, -0.2) is 5.01 Å². The minimum atomic E-state index is 0.0451. The van der Waals surface area contributed by atoms with Gasteiger partial charge in [-0.15, -0.1) is 10.2 Å². The molecule has 0 spiro atoms. The van der Waals surface area contributed by atoms with E-state index >= 15 is 0 Å². The Morgan fingerprint density at radius 2 is 1.71 bits per heavy atom. The van der Waals surface area contributed by atoms with Crippen molar-refractivity contribution in [1.82, 2.24) is 15.2 Å². The number of nitrogens with zero attached hydrogens (tertiary/aromatic N) is 5. The molecule has 1 aromatic carbocycles. The number of hydrogen-bond acceptors (Lipinski definition) is 6. The minimum Gasteiger partial charge on any atom is -0.507 e. The number of anilines is 2. The summed E-state index contributed by atoms with van der Waals surface area (Å²) >= 11 is 0. The van der Waals surface area contributed by atoms with Crippen molar-refractivity contribution in [3.05, 3.63) is 42.5 Å². The van der Waals surface area contributed by atoms with E-state index in [1.54, 1.807) is 6.07 Å². The summed E-state index contributed by atoms with van der Waals surface area (Å²) in [6, 6.07) is 9.65. The lowest BCUT2D eigenvalue weighted by molar-refractivity contribution is -0.0332. The van der Waals surface area contributed by atoms with E-state index < -0.39 is 0 Å². The second-order valence-electron chi connectivity index (χ2n) is 9.97. The Balaban J connectivity index is 1.66. The number of rotatable bonds is 4. The Morgan fingerprint density at radius 1 is 0.968 bits per heavy atom. The van der Waals surface area contributed by atoms with E-state index in [0.717, 1.165) is 49.4 Å². The molecule has 3 heterocycles. The molecule has 4 rings (SSSR count). The molecule has 1 saturated heterocycles. The van der Waals surface area contributed by atoms with Gasteiger partial charge in [0, 0.05) is 31.2 Å². The minimum absolute atomic E-state index is 0.0451. The van der Waals surface area contributed by atoms with Crippen molar-refractivity contribution in [3.63, 3.8) is 0 Å². The van der Waals surface area contributed by atoms with Gasteiger partial charge in [-0.2, -0.15) is 0 Å². The molecule has 166 valence electrons. The number of phenols is 1. The largest absolute Gasteiger partial charge is 0.507 e. The number of benzene rings is 1. The molecule has 0 atom stereocenters. The Kier molecular flexibility index (Phi) is 5.69.